The molecule has 1 amide bonds. The number of esters is 1. The van der Waals surface area contributed by atoms with Crippen LogP contribution in [-0.2, 0) is 9.53 Å². The van der Waals surface area contributed by atoms with Gasteiger partial charge in [0, 0.05) is 16.5 Å². The van der Waals surface area contributed by atoms with Crippen LogP contribution in [0, 0.1) is 6.92 Å². The summed E-state index contributed by atoms with van der Waals surface area (Å²) in [6, 6.07) is 13.4. The predicted octanol–water partition coefficient (Wildman–Crippen LogP) is 3.79. The molecule has 0 fully saturated rings. The average Bonchev–Trinajstić information content (AvgIpc) is 3.01. The van der Waals surface area contributed by atoms with E-state index in [1.165, 1.54) is 18.3 Å². The first-order chi connectivity index (χ1) is 11.5. The van der Waals surface area contributed by atoms with Gasteiger partial charge in [-0.1, -0.05) is 36.4 Å². The number of fused-ring (bicyclic) bond motifs is 1. The normalized spacial score (nSPS) is 11.9. The molecule has 1 N–H and O–H groups in total. The van der Waals surface area contributed by atoms with Crippen LogP contribution in [0.5, 0.6) is 0 Å². The number of carbonyl (C=O) groups is 2. The summed E-state index contributed by atoms with van der Waals surface area (Å²) in [5.74, 6) is -0.980. The number of rotatable bonds is 4. The molecule has 0 saturated heterocycles. The fourth-order valence-corrected chi connectivity index (χ4v) is 2.88. The van der Waals surface area contributed by atoms with Crippen molar-refractivity contribution in [3.63, 3.8) is 0 Å². The van der Waals surface area contributed by atoms with Gasteiger partial charge in [0.2, 0.25) is 0 Å². The summed E-state index contributed by atoms with van der Waals surface area (Å²) in [6.45, 7) is 3.34. The van der Waals surface area contributed by atoms with Crippen molar-refractivity contribution < 1.29 is 14.3 Å². The molecule has 1 heterocycles. The number of aromatic nitrogens is 1. The highest BCUT2D eigenvalue weighted by Crippen LogP contribution is 2.23. The highest BCUT2D eigenvalue weighted by atomic mass is 32.1. The number of carbonyl (C=O) groups excluding carboxylic acids is 2. The van der Waals surface area contributed by atoms with Gasteiger partial charge in [0.1, 0.15) is 0 Å². The lowest BCUT2D eigenvalue weighted by Gasteiger charge is -2.14. The highest BCUT2D eigenvalue weighted by molar-refractivity contribution is 7.09. The number of amides is 1. The van der Waals surface area contributed by atoms with Crippen molar-refractivity contribution >= 4 is 39.7 Å². The first kappa shape index (κ1) is 16.1. The fraction of sp³-hybridized carbons (Fsp3) is 0.167. The van der Waals surface area contributed by atoms with Gasteiger partial charge in [-0.2, -0.15) is 0 Å². The van der Waals surface area contributed by atoms with Crippen LogP contribution in [0.4, 0.5) is 5.69 Å². The molecular weight excluding hydrogens is 324 g/mol. The largest absolute Gasteiger partial charge is 0.448 e. The van der Waals surface area contributed by atoms with E-state index < -0.39 is 12.1 Å². The van der Waals surface area contributed by atoms with Gasteiger partial charge in [0.25, 0.3) is 5.91 Å². The summed E-state index contributed by atoms with van der Waals surface area (Å²) in [5.41, 5.74) is 0.910. The average molecular weight is 340 g/mol. The number of aryl methyl sites for hydroxylation is 1. The molecule has 122 valence electrons. The second kappa shape index (κ2) is 6.80. The van der Waals surface area contributed by atoms with Gasteiger partial charge in [-0.3, -0.25) is 4.79 Å². The van der Waals surface area contributed by atoms with Gasteiger partial charge in [-0.05, 0) is 25.3 Å². The van der Waals surface area contributed by atoms with Crippen molar-refractivity contribution in [2.75, 3.05) is 5.32 Å². The van der Waals surface area contributed by atoms with Crippen molar-refractivity contribution in [2.45, 2.75) is 20.0 Å². The molecule has 0 aliphatic rings. The van der Waals surface area contributed by atoms with E-state index in [1.807, 2.05) is 42.5 Å². The van der Waals surface area contributed by atoms with E-state index >= 15 is 0 Å². The number of nitrogens with zero attached hydrogens (tertiary/aromatic N) is 1. The van der Waals surface area contributed by atoms with Crippen molar-refractivity contribution in [1.82, 2.24) is 4.98 Å². The Morgan fingerprint density at radius 2 is 1.92 bits per heavy atom. The number of thiazole rings is 1. The summed E-state index contributed by atoms with van der Waals surface area (Å²) < 4.78 is 5.19. The van der Waals surface area contributed by atoms with Crippen LogP contribution in [0.2, 0.25) is 0 Å². The second-order valence-electron chi connectivity index (χ2n) is 5.32. The van der Waals surface area contributed by atoms with Gasteiger partial charge in [0.05, 0.1) is 5.01 Å². The Balaban J connectivity index is 1.71. The van der Waals surface area contributed by atoms with Gasteiger partial charge < -0.3 is 10.1 Å². The van der Waals surface area contributed by atoms with E-state index in [-0.39, 0.29) is 11.6 Å². The molecule has 0 unspecified atom stereocenters. The number of ether oxygens (including phenoxy) is 1. The summed E-state index contributed by atoms with van der Waals surface area (Å²) >= 11 is 1.36. The Morgan fingerprint density at radius 1 is 1.17 bits per heavy atom. The monoisotopic (exact) mass is 340 g/mol. The Labute approximate surface area is 143 Å². The van der Waals surface area contributed by atoms with Crippen LogP contribution < -0.4 is 5.32 Å². The number of nitrogens with one attached hydrogen (secondary N) is 1. The molecular formula is C18H16N2O3S. The van der Waals surface area contributed by atoms with Crippen LogP contribution in [0.25, 0.3) is 10.8 Å². The topological polar surface area (TPSA) is 68.3 Å². The van der Waals surface area contributed by atoms with Crippen LogP contribution >= 0.6 is 11.3 Å². The van der Waals surface area contributed by atoms with Crippen LogP contribution in [0.3, 0.4) is 0 Å². The minimum atomic E-state index is -0.918. The smallest absolute Gasteiger partial charge is 0.358 e. The lowest BCUT2D eigenvalue weighted by atomic mass is 10.1. The minimum absolute atomic E-state index is 0.224. The fourth-order valence-electron chi connectivity index (χ4n) is 2.30. The minimum Gasteiger partial charge on any atom is -0.448 e. The second-order valence-corrected chi connectivity index (χ2v) is 6.38. The van der Waals surface area contributed by atoms with E-state index in [2.05, 4.69) is 10.3 Å². The van der Waals surface area contributed by atoms with Gasteiger partial charge in [-0.15, -0.1) is 11.3 Å². The number of anilines is 1. The Morgan fingerprint density at radius 3 is 2.67 bits per heavy atom. The molecule has 5 nitrogen and oxygen atoms in total. The molecule has 2 aromatic carbocycles. The molecule has 0 aliphatic carbocycles. The zero-order valence-corrected chi connectivity index (χ0v) is 14.1. The summed E-state index contributed by atoms with van der Waals surface area (Å²) in [6.07, 6.45) is -0.918. The lowest BCUT2D eigenvalue weighted by Crippen LogP contribution is -2.30. The molecule has 1 aromatic heterocycles. The van der Waals surface area contributed by atoms with E-state index in [9.17, 15) is 9.59 Å². The summed E-state index contributed by atoms with van der Waals surface area (Å²) in [7, 11) is 0. The zero-order valence-electron chi connectivity index (χ0n) is 13.3. The quantitative estimate of drug-likeness (QED) is 0.734. The van der Waals surface area contributed by atoms with Crippen molar-refractivity contribution in [1.29, 1.82) is 0 Å². The maximum atomic E-state index is 12.3. The molecule has 24 heavy (non-hydrogen) atoms. The molecule has 0 radical (unpaired) electrons. The SMILES string of the molecule is Cc1nc(C(=O)O[C@H](C)C(=O)Nc2cccc3ccccc23)cs1. The Bertz CT molecular complexity index is 899. The Kier molecular flexibility index (Phi) is 4.57. The van der Waals surface area contributed by atoms with Crippen LogP contribution in [0.1, 0.15) is 22.4 Å². The van der Waals surface area contributed by atoms with E-state index in [1.54, 1.807) is 12.3 Å². The third-order valence-electron chi connectivity index (χ3n) is 3.53. The molecule has 3 aromatic rings. The van der Waals surface area contributed by atoms with Gasteiger partial charge in [0.15, 0.2) is 11.8 Å². The molecule has 1 atom stereocenters. The van der Waals surface area contributed by atoms with Gasteiger partial charge >= 0.3 is 5.97 Å². The first-order valence-electron chi connectivity index (χ1n) is 7.46. The first-order valence-corrected chi connectivity index (χ1v) is 8.34. The molecule has 6 heteroatoms. The standard InChI is InChI=1S/C18H16N2O3S/c1-11(23-18(22)16-10-24-12(2)19-16)17(21)20-15-9-5-7-13-6-3-4-8-14(13)15/h3-11H,1-2H3,(H,20,21)/t11-/m1/s1. The lowest BCUT2D eigenvalue weighted by molar-refractivity contribution is -0.123. The maximum absolute atomic E-state index is 12.3. The van der Waals surface area contributed by atoms with E-state index in [0.29, 0.717) is 5.69 Å². The number of benzene rings is 2. The maximum Gasteiger partial charge on any atom is 0.358 e. The van der Waals surface area contributed by atoms with Crippen molar-refractivity contribution in [2.24, 2.45) is 0 Å². The third-order valence-corrected chi connectivity index (χ3v) is 4.30. The number of hydrogen-bond donors (Lipinski definition) is 1. The molecule has 0 bridgehead atoms. The van der Waals surface area contributed by atoms with Crippen LogP contribution in [-0.4, -0.2) is 23.0 Å². The van der Waals surface area contributed by atoms with Gasteiger partial charge in [-0.25, -0.2) is 9.78 Å². The number of hydrogen-bond acceptors (Lipinski definition) is 5. The van der Waals surface area contributed by atoms with E-state index in [0.717, 1.165) is 15.8 Å². The van der Waals surface area contributed by atoms with Crippen LogP contribution in [0.15, 0.2) is 47.8 Å². The summed E-state index contributed by atoms with van der Waals surface area (Å²) in [4.78, 5) is 28.4. The third kappa shape index (κ3) is 3.44. The molecule has 3 rings (SSSR count). The predicted molar refractivity (Wildman–Crippen MR) is 94.3 cm³/mol. The molecule has 0 spiro atoms. The highest BCUT2D eigenvalue weighted by Gasteiger charge is 2.21. The Hall–Kier alpha value is -2.73. The van der Waals surface area contributed by atoms with Crippen molar-refractivity contribution in [3.8, 4) is 0 Å². The summed E-state index contributed by atoms with van der Waals surface area (Å²) in [5, 5.41) is 7.16. The van der Waals surface area contributed by atoms with Crippen molar-refractivity contribution in [3.05, 3.63) is 58.5 Å². The zero-order chi connectivity index (χ0) is 17.1. The van der Waals surface area contributed by atoms with E-state index in [4.69, 9.17) is 4.74 Å². The molecule has 0 saturated carbocycles. The molecule has 0 aliphatic heterocycles.